The molecule has 8 nitrogen and oxygen atoms in total. The molecule has 172 valence electrons. The van der Waals surface area contributed by atoms with E-state index >= 15 is 0 Å². The first-order chi connectivity index (χ1) is 14.6. The molecule has 1 aromatic carbocycles. The summed E-state index contributed by atoms with van der Waals surface area (Å²) in [5.74, 6) is -2.40. The van der Waals surface area contributed by atoms with Gasteiger partial charge in [-0.3, -0.25) is 14.4 Å². The fourth-order valence-electron chi connectivity index (χ4n) is 2.98. The van der Waals surface area contributed by atoms with Crippen LogP contribution in [-0.4, -0.2) is 40.9 Å². The van der Waals surface area contributed by atoms with Crippen LogP contribution < -0.4 is 10.6 Å². The Kier molecular flexibility index (Phi) is 11.3. The minimum Gasteiger partial charge on any atom is -0.481 e. The molecule has 0 aliphatic rings. The molecule has 1 rings (SSSR count). The van der Waals surface area contributed by atoms with Gasteiger partial charge in [0.2, 0.25) is 11.8 Å². The Morgan fingerprint density at radius 2 is 1.45 bits per heavy atom. The van der Waals surface area contributed by atoms with Gasteiger partial charge < -0.3 is 20.5 Å². The molecule has 0 heterocycles. The molecule has 31 heavy (non-hydrogen) atoms. The van der Waals surface area contributed by atoms with Crippen molar-refractivity contribution in [1.82, 2.24) is 10.6 Å². The fraction of sp³-hybridized carbons (Fsp3) is 0.565. The Morgan fingerprint density at radius 3 is 2.00 bits per heavy atom. The lowest BCUT2D eigenvalue weighted by molar-refractivity contribution is -0.150. The zero-order valence-electron chi connectivity index (χ0n) is 18.7. The first-order valence-corrected chi connectivity index (χ1v) is 10.6. The molecule has 0 aliphatic carbocycles. The molecular formula is C23H34N2O6. The summed E-state index contributed by atoms with van der Waals surface area (Å²) in [5.41, 5.74) is 0.842. The number of carboxylic acid groups (broad SMARTS) is 1. The van der Waals surface area contributed by atoms with Crippen molar-refractivity contribution in [2.24, 2.45) is 11.8 Å². The number of aliphatic carboxylic acids is 1. The summed E-state index contributed by atoms with van der Waals surface area (Å²) < 4.78 is 5.39. The number of carbonyl (C=O) groups is 4. The van der Waals surface area contributed by atoms with E-state index < -0.39 is 35.8 Å². The normalized spacial score (nSPS) is 12.8. The van der Waals surface area contributed by atoms with Crippen LogP contribution in [0.4, 0.5) is 0 Å². The second-order valence-corrected chi connectivity index (χ2v) is 8.43. The standard InChI is InChI=1S/C23H34N2O6/c1-15(2)12-18(24-20(26)10-11-21(27)28)22(29)25-19(13-16(3)4)23(30)31-14-17-8-6-5-7-9-17/h5-9,15-16,18-19H,10-14H2,1-4H3,(H,24,26)(H,25,29)(H,27,28)/t18-,19-/m0/s1. The van der Waals surface area contributed by atoms with Crippen LogP contribution in [0.1, 0.15) is 58.9 Å². The van der Waals surface area contributed by atoms with Gasteiger partial charge in [-0.05, 0) is 30.2 Å². The minimum atomic E-state index is -1.09. The summed E-state index contributed by atoms with van der Waals surface area (Å²) in [4.78, 5) is 48.2. The largest absolute Gasteiger partial charge is 0.481 e. The zero-order chi connectivity index (χ0) is 23.4. The second kappa shape index (κ2) is 13.4. The van der Waals surface area contributed by atoms with Gasteiger partial charge in [0, 0.05) is 6.42 Å². The minimum absolute atomic E-state index is 0.101. The lowest BCUT2D eigenvalue weighted by atomic mass is 10.0. The monoisotopic (exact) mass is 434 g/mol. The number of hydrogen-bond acceptors (Lipinski definition) is 5. The predicted molar refractivity (Wildman–Crippen MR) is 116 cm³/mol. The van der Waals surface area contributed by atoms with Crippen molar-refractivity contribution in [3.63, 3.8) is 0 Å². The lowest BCUT2D eigenvalue weighted by Crippen LogP contribution is -2.52. The summed E-state index contributed by atoms with van der Waals surface area (Å²) in [6, 6.07) is 7.54. The van der Waals surface area contributed by atoms with Crippen LogP contribution in [0.25, 0.3) is 0 Å². The van der Waals surface area contributed by atoms with Crippen molar-refractivity contribution in [3.05, 3.63) is 35.9 Å². The number of nitrogens with one attached hydrogen (secondary N) is 2. The third-order valence-electron chi connectivity index (χ3n) is 4.46. The first-order valence-electron chi connectivity index (χ1n) is 10.6. The highest BCUT2D eigenvalue weighted by atomic mass is 16.5. The number of esters is 1. The average Bonchev–Trinajstić information content (AvgIpc) is 2.69. The van der Waals surface area contributed by atoms with E-state index in [1.165, 1.54) is 0 Å². The van der Waals surface area contributed by atoms with Crippen LogP contribution in [0.3, 0.4) is 0 Å². The Balaban J connectivity index is 2.80. The SMILES string of the molecule is CC(C)C[C@H](NC(=O)CCC(=O)O)C(=O)N[C@@H](CC(C)C)C(=O)OCc1ccccc1. The van der Waals surface area contributed by atoms with Gasteiger partial charge in [0.1, 0.15) is 18.7 Å². The maximum atomic E-state index is 12.9. The molecule has 2 amide bonds. The molecule has 0 fully saturated rings. The smallest absolute Gasteiger partial charge is 0.328 e. The van der Waals surface area contributed by atoms with Gasteiger partial charge in [-0.15, -0.1) is 0 Å². The molecule has 3 N–H and O–H groups in total. The van der Waals surface area contributed by atoms with E-state index in [4.69, 9.17) is 9.84 Å². The van der Waals surface area contributed by atoms with E-state index in [1.54, 1.807) is 0 Å². The van der Waals surface area contributed by atoms with Gasteiger partial charge >= 0.3 is 11.9 Å². The molecule has 0 saturated heterocycles. The van der Waals surface area contributed by atoms with Gasteiger partial charge in [-0.1, -0.05) is 58.0 Å². The summed E-state index contributed by atoms with van der Waals surface area (Å²) in [7, 11) is 0. The topological polar surface area (TPSA) is 122 Å². The van der Waals surface area contributed by atoms with Crippen LogP contribution in [-0.2, 0) is 30.5 Å². The van der Waals surface area contributed by atoms with E-state index in [2.05, 4.69) is 10.6 Å². The average molecular weight is 435 g/mol. The quantitative estimate of drug-likeness (QED) is 0.410. The van der Waals surface area contributed by atoms with Crippen molar-refractivity contribution in [2.75, 3.05) is 0 Å². The Hall–Kier alpha value is -2.90. The number of rotatable bonds is 13. The lowest BCUT2D eigenvalue weighted by Gasteiger charge is -2.24. The van der Waals surface area contributed by atoms with E-state index in [9.17, 15) is 19.2 Å². The van der Waals surface area contributed by atoms with Gasteiger partial charge in [0.05, 0.1) is 6.42 Å². The molecule has 0 radical (unpaired) electrons. The number of amides is 2. The van der Waals surface area contributed by atoms with Crippen molar-refractivity contribution in [3.8, 4) is 0 Å². The highest BCUT2D eigenvalue weighted by Gasteiger charge is 2.28. The van der Waals surface area contributed by atoms with Gasteiger partial charge in [-0.25, -0.2) is 4.79 Å². The van der Waals surface area contributed by atoms with Gasteiger partial charge in [0.15, 0.2) is 0 Å². The maximum Gasteiger partial charge on any atom is 0.328 e. The second-order valence-electron chi connectivity index (χ2n) is 8.43. The van der Waals surface area contributed by atoms with Gasteiger partial charge in [-0.2, -0.15) is 0 Å². The highest BCUT2D eigenvalue weighted by Crippen LogP contribution is 2.11. The van der Waals surface area contributed by atoms with E-state index in [0.717, 1.165) is 5.56 Å². The number of hydrogen-bond donors (Lipinski definition) is 3. The van der Waals surface area contributed by atoms with E-state index in [1.807, 2.05) is 58.0 Å². The number of carboxylic acids is 1. The van der Waals surface area contributed by atoms with Crippen LogP contribution in [0.15, 0.2) is 30.3 Å². The Morgan fingerprint density at radius 1 is 0.871 bits per heavy atom. The molecular weight excluding hydrogens is 400 g/mol. The fourth-order valence-corrected chi connectivity index (χ4v) is 2.98. The van der Waals surface area contributed by atoms with Crippen LogP contribution in [0.2, 0.25) is 0 Å². The van der Waals surface area contributed by atoms with Crippen molar-refractivity contribution in [2.45, 2.75) is 72.1 Å². The Bertz CT molecular complexity index is 733. The van der Waals surface area contributed by atoms with Crippen molar-refractivity contribution >= 4 is 23.8 Å². The van der Waals surface area contributed by atoms with Crippen LogP contribution >= 0.6 is 0 Å². The number of ether oxygens (including phenoxy) is 1. The highest BCUT2D eigenvalue weighted by molar-refractivity contribution is 5.91. The molecule has 1 aromatic rings. The molecule has 0 unspecified atom stereocenters. The van der Waals surface area contributed by atoms with Gasteiger partial charge in [0.25, 0.3) is 0 Å². The van der Waals surface area contributed by atoms with Crippen molar-refractivity contribution in [1.29, 1.82) is 0 Å². The summed E-state index contributed by atoms with van der Waals surface area (Å²) >= 11 is 0. The van der Waals surface area contributed by atoms with Crippen LogP contribution in [0.5, 0.6) is 0 Å². The van der Waals surface area contributed by atoms with Crippen molar-refractivity contribution < 1.29 is 29.0 Å². The third-order valence-corrected chi connectivity index (χ3v) is 4.46. The molecule has 0 aliphatic heterocycles. The number of carbonyl (C=O) groups excluding carboxylic acids is 3. The molecule has 0 spiro atoms. The zero-order valence-corrected chi connectivity index (χ0v) is 18.7. The predicted octanol–water partition coefficient (Wildman–Crippen LogP) is 2.66. The summed E-state index contributed by atoms with van der Waals surface area (Å²) in [5, 5.41) is 14.0. The maximum absolute atomic E-state index is 12.9. The van der Waals surface area contributed by atoms with E-state index in [-0.39, 0.29) is 31.3 Å². The molecule has 0 saturated carbocycles. The Labute approximate surface area is 183 Å². The first kappa shape index (κ1) is 26.1. The number of benzene rings is 1. The molecule has 8 heteroatoms. The van der Waals surface area contributed by atoms with E-state index in [0.29, 0.717) is 12.8 Å². The molecule has 2 atom stereocenters. The van der Waals surface area contributed by atoms with Crippen LogP contribution in [0, 0.1) is 11.8 Å². The third kappa shape index (κ3) is 11.2. The molecule has 0 aromatic heterocycles. The summed E-state index contributed by atoms with van der Waals surface area (Å²) in [6.45, 7) is 7.78. The summed E-state index contributed by atoms with van der Waals surface area (Å²) in [6.07, 6.45) is 0.216. The molecule has 0 bridgehead atoms.